The first kappa shape index (κ1) is 29.0. The molecule has 0 aliphatic heterocycles. The molecule has 1 heterocycles. The van der Waals surface area contributed by atoms with Crippen molar-refractivity contribution >= 4 is 51.6 Å². The SMILES string of the molecule is CC(Oc1ccc(Oc2nc3ccc(Cl)cc3o2)cc1)C(=O)O.Nc1c([N+](=O)[O-])ccc(Oc2ccccc2)c1Cl. The van der Waals surface area contributed by atoms with E-state index in [9.17, 15) is 14.9 Å². The molecule has 1 unspecified atom stereocenters. The molecule has 0 spiro atoms. The number of rotatable bonds is 8. The summed E-state index contributed by atoms with van der Waals surface area (Å²) in [5.74, 6) is 0.740. The van der Waals surface area contributed by atoms with Gasteiger partial charge in [-0.1, -0.05) is 41.4 Å². The highest BCUT2D eigenvalue weighted by molar-refractivity contribution is 6.35. The Hall–Kier alpha value is -5.00. The summed E-state index contributed by atoms with van der Waals surface area (Å²) in [6.45, 7) is 1.45. The first-order valence-corrected chi connectivity index (χ1v) is 12.5. The van der Waals surface area contributed by atoms with Gasteiger partial charge in [-0.25, -0.2) is 4.79 Å². The maximum absolute atomic E-state index is 10.7. The molecule has 0 aliphatic rings. The number of nitrogen functional groups attached to an aromatic ring is 1. The number of anilines is 1. The second-order valence-corrected chi connectivity index (χ2v) is 9.06. The Morgan fingerprint density at radius 3 is 2.29 bits per heavy atom. The van der Waals surface area contributed by atoms with E-state index in [0.29, 0.717) is 33.4 Å². The molecule has 5 rings (SSSR count). The Morgan fingerprint density at radius 1 is 0.976 bits per heavy atom. The van der Waals surface area contributed by atoms with E-state index in [1.807, 2.05) is 6.07 Å². The maximum Gasteiger partial charge on any atom is 0.400 e. The number of benzene rings is 4. The third-order valence-corrected chi connectivity index (χ3v) is 5.93. The number of ether oxygens (including phenoxy) is 3. The van der Waals surface area contributed by atoms with Crippen molar-refractivity contribution < 1.29 is 33.5 Å². The van der Waals surface area contributed by atoms with E-state index in [0.717, 1.165) is 0 Å². The number of halogens is 2. The van der Waals surface area contributed by atoms with Crippen molar-refractivity contribution in [2.45, 2.75) is 13.0 Å². The number of aliphatic carboxylic acids is 1. The Bertz CT molecular complexity index is 1680. The van der Waals surface area contributed by atoms with Crippen molar-refractivity contribution in [2.75, 3.05) is 5.73 Å². The van der Waals surface area contributed by atoms with Crippen LogP contribution in [0.15, 0.2) is 89.3 Å². The fourth-order valence-corrected chi connectivity index (χ4v) is 3.64. The molecule has 0 fully saturated rings. The number of carbonyl (C=O) groups is 1. The standard InChI is InChI=1S/C16H12ClNO5.C12H9ClN2O3/c1-9(15(19)20)21-11-3-5-12(6-4-11)22-16-18-13-7-2-10(17)8-14(13)23-16;13-11-10(18-8-4-2-1-3-5-8)7-6-9(12(11)14)15(16)17/h2-9H,1H3,(H,19,20);1-7H,14H2. The van der Waals surface area contributed by atoms with Crippen LogP contribution >= 0.6 is 23.2 Å². The highest BCUT2D eigenvalue weighted by Crippen LogP contribution is 2.38. The van der Waals surface area contributed by atoms with E-state index >= 15 is 0 Å². The summed E-state index contributed by atoms with van der Waals surface area (Å²) < 4.78 is 21.7. The van der Waals surface area contributed by atoms with Gasteiger partial charge in [-0.2, -0.15) is 4.98 Å². The van der Waals surface area contributed by atoms with E-state index in [4.69, 9.17) is 52.7 Å². The number of hydrogen-bond donors (Lipinski definition) is 2. The maximum atomic E-state index is 10.7. The lowest BCUT2D eigenvalue weighted by Crippen LogP contribution is -2.22. The molecule has 1 aromatic heterocycles. The van der Waals surface area contributed by atoms with Gasteiger partial charge in [0.1, 0.15) is 39.2 Å². The smallest absolute Gasteiger partial charge is 0.400 e. The Morgan fingerprint density at radius 2 is 1.63 bits per heavy atom. The molecule has 0 amide bonds. The largest absolute Gasteiger partial charge is 0.479 e. The van der Waals surface area contributed by atoms with Gasteiger partial charge >= 0.3 is 12.0 Å². The number of nitrogens with zero attached hydrogens (tertiary/aromatic N) is 2. The zero-order valence-corrected chi connectivity index (χ0v) is 22.7. The van der Waals surface area contributed by atoms with Gasteiger partial charge in [0, 0.05) is 17.2 Å². The molecule has 11 nitrogen and oxygen atoms in total. The number of nitro groups is 1. The second-order valence-electron chi connectivity index (χ2n) is 8.25. The summed E-state index contributed by atoms with van der Waals surface area (Å²) >= 11 is 11.8. The molecule has 13 heteroatoms. The van der Waals surface area contributed by atoms with E-state index in [1.165, 1.54) is 19.1 Å². The summed E-state index contributed by atoms with van der Waals surface area (Å²) in [4.78, 5) is 25.0. The number of fused-ring (bicyclic) bond motifs is 1. The summed E-state index contributed by atoms with van der Waals surface area (Å²) in [7, 11) is 0. The minimum absolute atomic E-state index is 0.0352. The summed E-state index contributed by atoms with van der Waals surface area (Å²) in [6.07, 6.45) is -0.835. The van der Waals surface area contributed by atoms with Crippen molar-refractivity contribution in [3.05, 3.63) is 105 Å². The quantitative estimate of drug-likeness (QED) is 0.103. The summed E-state index contributed by atoms with van der Waals surface area (Å²) in [6, 6.07) is 23.2. The molecular formula is C28H21Cl2N3O8. The number of hydrogen-bond acceptors (Lipinski definition) is 9. The van der Waals surface area contributed by atoms with Crippen LogP contribution in [0.1, 0.15) is 6.92 Å². The van der Waals surface area contributed by atoms with Crippen LogP contribution < -0.4 is 19.9 Å². The van der Waals surface area contributed by atoms with Gasteiger partial charge in [-0.05, 0) is 61.5 Å². The normalized spacial score (nSPS) is 11.2. The minimum atomic E-state index is -1.03. The van der Waals surface area contributed by atoms with Crippen LogP contribution in [0.5, 0.6) is 29.1 Å². The first-order valence-electron chi connectivity index (χ1n) is 11.8. The molecule has 4 aromatic carbocycles. The van der Waals surface area contributed by atoms with Crippen molar-refractivity contribution in [3.8, 4) is 29.1 Å². The Labute approximate surface area is 242 Å². The van der Waals surface area contributed by atoms with Gasteiger partial charge in [-0.3, -0.25) is 10.1 Å². The number of nitrogens with two attached hydrogens (primary N) is 1. The van der Waals surface area contributed by atoms with E-state index in [-0.39, 0.29) is 28.2 Å². The van der Waals surface area contributed by atoms with Gasteiger partial charge in [-0.15, -0.1) is 0 Å². The molecule has 0 aliphatic carbocycles. The Balaban J connectivity index is 0.000000195. The zero-order chi connectivity index (χ0) is 29.5. The van der Waals surface area contributed by atoms with Gasteiger partial charge in [0.05, 0.1) is 4.92 Å². The number of aromatic nitrogens is 1. The average Bonchev–Trinajstić information content (AvgIpc) is 3.34. The van der Waals surface area contributed by atoms with Crippen molar-refractivity contribution in [1.29, 1.82) is 0 Å². The molecule has 5 aromatic rings. The lowest BCUT2D eigenvalue weighted by atomic mass is 10.2. The number of para-hydroxylation sites is 1. The van der Waals surface area contributed by atoms with E-state index in [1.54, 1.807) is 66.7 Å². The molecule has 210 valence electrons. The number of oxazole rings is 1. The van der Waals surface area contributed by atoms with E-state index < -0.39 is 17.0 Å². The lowest BCUT2D eigenvalue weighted by Gasteiger charge is -2.10. The molecule has 0 saturated heterocycles. The molecule has 0 bridgehead atoms. The fraction of sp³-hybridized carbons (Fsp3) is 0.0714. The van der Waals surface area contributed by atoms with Crippen LogP contribution in [0.4, 0.5) is 11.4 Å². The molecule has 0 radical (unpaired) electrons. The first-order chi connectivity index (χ1) is 19.6. The molecule has 41 heavy (non-hydrogen) atoms. The lowest BCUT2D eigenvalue weighted by molar-refractivity contribution is -0.383. The minimum Gasteiger partial charge on any atom is -0.479 e. The van der Waals surface area contributed by atoms with Crippen molar-refractivity contribution in [2.24, 2.45) is 0 Å². The summed E-state index contributed by atoms with van der Waals surface area (Å²) in [5, 5.41) is 20.1. The van der Waals surface area contributed by atoms with Gasteiger partial charge in [0.15, 0.2) is 11.7 Å². The molecular weight excluding hydrogens is 577 g/mol. The summed E-state index contributed by atoms with van der Waals surface area (Å²) in [5.41, 5.74) is 6.42. The van der Waals surface area contributed by atoms with Crippen molar-refractivity contribution in [1.82, 2.24) is 4.98 Å². The van der Waals surface area contributed by atoms with Crippen LogP contribution in [-0.4, -0.2) is 27.1 Å². The highest BCUT2D eigenvalue weighted by Gasteiger charge is 2.18. The van der Waals surface area contributed by atoms with Crippen LogP contribution in [0.3, 0.4) is 0 Å². The molecule has 3 N–H and O–H groups in total. The topological polar surface area (TPSA) is 160 Å². The van der Waals surface area contributed by atoms with Crippen LogP contribution in [-0.2, 0) is 4.79 Å². The third-order valence-electron chi connectivity index (χ3n) is 5.31. The predicted molar refractivity (Wildman–Crippen MR) is 152 cm³/mol. The van der Waals surface area contributed by atoms with Crippen LogP contribution in [0.2, 0.25) is 10.0 Å². The van der Waals surface area contributed by atoms with Crippen molar-refractivity contribution in [3.63, 3.8) is 0 Å². The second kappa shape index (κ2) is 12.9. The average molecular weight is 598 g/mol. The van der Waals surface area contributed by atoms with Crippen LogP contribution in [0, 0.1) is 10.1 Å². The Kier molecular flexibility index (Phi) is 9.12. The van der Waals surface area contributed by atoms with Gasteiger partial charge in [0.25, 0.3) is 5.69 Å². The molecule has 0 saturated carbocycles. The number of nitro benzene ring substituents is 1. The predicted octanol–water partition coefficient (Wildman–Crippen LogP) is 7.75. The number of carboxylic acids is 1. The number of carboxylic acid groups (broad SMARTS) is 1. The monoisotopic (exact) mass is 597 g/mol. The van der Waals surface area contributed by atoms with Gasteiger partial charge in [0.2, 0.25) is 0 Å². The highest BCUT2D eigenvalue weighted by atomic mass is 35.5. The van der Waals surface area contributed by atoms with E-state index in [2.05, 4.69) is 4.98 Å². The van der Waals surface area contributed by atoms with Crippen LogP contribution in [0.25, 0.3) is 11.1 Å². The van der Waals surface area contributed by atoms with Gasteiger partial charge < -0.3 is 29.5 Å². The molecule has 1 atom stereocenters. The fourth-order valence-electron chi connectivity index (χ4n) is 3.28. The zero-order valence-electron chi connectivity index (χ0n) is 21.2. The third kappa shape index (κ3) is 7.56.